The first-order valence-electron chi connectivity index (χ1n) is 8.81. The molecule has 1 amide bonds. The van der Waals surface area contributed by atoms with Crippen molar-refractivity contribution in [3.63, 3.8) is 0 Å². The van der Waals surface area contributed by atoms with Gasteiger partial charge in [0, 0.05) is 18.9 Å². The molecule has 0 aliphatic carbocycles. The molecule has 1 N–H and O–H groups in total. The van der Waals surface area contributed by atoms with Crippen molar-refractivity contribution in [3.8, 4) is 5.88 Å². The Morgan fingerprint density at radius 3 is 2.69 bits per heavy atom. The van der Waals surface area contributed by atoms with Gasteiger partial charge in [0.15, 0.2) is 0 Å². The van der Waals surface area contributed by atoms with Crippen LogP contribution >= 0.6 is 11.6 Å². The number of halogens is 1. The molecule has 2 aromatic rings. The third kappa shape index (κ3) is 5.71. The molecular weight excluding hydrogens is 354 g/mol. The van der Waals surface area contributed by atoms with E-state index in [1.807, 2.05) is 24.7 Å². The summed E-state index contributed by atoms with van der Waals surface area (Å²) in [6.45, 7) is 11.7. The fourth-order valence-corrected chi connectivity index (χ4v) is 2.61. The number of aromatic nitrogens is 3. The Kier molecular flexibility index (Phi) is 7.41. The zero-order valence-corrected chi connectivity index (χ0v) is 16.5. The summed E-state index contributed by atoms with van der Waals surface area (Å²) >= 11 is 6.13. The van der Waals surface area contributed by atoms with E-state index in [4.69, 9.17) is 16.3 Å². The van der Waals surface area contributed by atoms with Crippen molar-refractivity contribution < 1.29 is 9.53 Å². The van der Waals surface area contributed by atoms with Crippen LogP contribution in [0.25, 0.3) is 0 Å². The van der Waals surface area contributed by atoms with Crippen LogP contribution in [0.2, 0.25) is 5.02 Å². The molecule has 0 atom stereocenters. The van der Waals surface area contributed by atoms with E-state index in [1.165, 1.54) is 6.20 Å². The largest absolute Gasteiger partial charge is 0.474 e. The number of carbonyl (C=O) groups excluding carboxylic acids is 1. The summed E-state index contributed by atoms with van der Waals surface area (Å²) < 4.78 is 7.29. The molecule has 142 valence electrons. The molecule has 7 nitrogen and oxygen atoms in total. The Morgan fingerprint density at radius 2 is 2.08 bits per heavy atom. The summed E-state index contributed by atoms with van der Waals surface area (Å²) in [4.78, 5) is 18.8. The molecule has 0 aliphatic rings. The summed E-state index contributed by atoms with van der Waals surface area (Å²) in [6, 6.07) is 1.55. The van der Waals surface area contributed by atoms with Gasteiger partial charge < -0.3 is 15.0 Å². The Balaban J connectivity index is 1.96. The SMILES string of the molecule is CCN(CC)CCn1cc(NC(=O)c2cnc(OC(C)C)c(Cl)c2)cn1. The van der Waals surface area contributed by atoms with Crippen LogP contribution in [-0.2, 0) is 6.54 Å². The number of amides is 1. The van der Waals surface area contributed by atoms with Crippen LogP contribution in [0.1, 0.15) is 38.1 Å². The van der Waals surface area contributed by atoms with E-state index in [-0.39, 0.29) is 12.0 Å². The lowest BCUT2D eigenvalue weighted by Crippen LogP contribution is -2.27. The molecule has 26 heavy (non-hydrogen) atoms. The zero-order valence-electron chi connectivity index (χ0n) is 15.7. The van der Waals surface area contributed by atoms with Crippen molar-refractivity contribution in [1.82, 2.24) is 19.7 Å². The van der Waals surface area contributed by atoms with Crippen molar-refractivity contribution in [2.24, 2.45) is 0 Å². The molecule has 0 spiro atoms. The van der Waals surface area contributed by atoms with Crippen molar-refractivity contribution in [2.75, 3.05) is 25.0 Å². The van der Waals surface area contributed by atoms with Gasteiger partial charge in [0.2, 0.25) is 5.88 Å². The van der Waals surface area contributed by atoms with E-state index in [0.29, 0.717) is 22.2 Å². The third-order valence-corrected chi connectivity index (χ3v) is 4.12. The van der Waals surface area contributed by atoms with Gasteiger partial charge in [-0.2, -0.15) is 5.10 Å². The van der Waals surface area contributed by atoms with E-state index >= 15 is 0 Å². The topological polar surface area (TPSA) is 72.3 Å². The molecule has 0 saturated carbocycles. The van der Waals surface area contributed by atoms with E-state index in [2.05, 4.69) is 34.1 Å². The quantitative estimate of drug-likeness (QED) is 0.723. The van der Waals surface area contributed by atoms with Gasteiger partial charge in [-0.1, -0.05) is 25.4 Å². The van der Waals surface area contributed by atoms with Crippen molar-refractivity contribution in [2.45, 2.75) is 40.3 Å². The summed E-state index contributed by atoms with van der Waals surface area (Å²) in [5.41, 5.74) is 0.996. The number of carbonyl (C=O) groups is 1. The lowest BCUT2D eigenvalue weighted by atomic mass is 10.2. The highest BCUT2D eigenvalue weighted by molar-refractivity contribution is 6.32. The Labute approximate surface area is 159 Å². The molecule has 0 bridgehead atoms. The van der Waals surface area contributed by atoms with Gasteiger partial charge >= 0.3 is 0 Å². The number of ether oxygens (including phenoxy) is 1. The average molecular weight is 380 g/mol. The number of rotatable bonds is 9. The Hall–Kier alpha value is -2.12. The minimum absolute atomic E-state index is 0.0399. The zero-order chi connectivity index (χ0) is 19.1. The molecular formula is C18H26ClN5O2. The van der Waals surface area contributed by atoms with Gasteiger partial charge in [0.1, 0.15) is 5.02 Å². The highest BCUT2D eigenvalue weighted by atomic mass is 35.5. The van der Waals surface area contributed by atoms with E-state index in [9.17, 15) is 4.79 Å². The fourth-order valence-electron chi connectivity index (χ4n) is 2.40. The van der Waals surface area contributed by atoms with Crippen molar-refractivity contribution >= 4 is 23.2 Å². The number of anilines is 1. The molecule has 2 heterocycles. The molecule has 0 aliphatic heterocycles. The maximum atomic E-state index is 12.4. The van der Waals surface area contributed by atoms with Crippen LogP contribution in [-0.4, -0.2) is 51.3 Å². The maximum Gasteiger partial charge on any atom is 0.257 e. The Morgan fingerprint density at radius 1 is 1.35 bits per heavy atom. The lowest BCUT2D eigenvalue weighted by molar-refractivity contribution is 0.102. The monoisotopic (exact) mass is 379 g/mol. The minimum atomic E-state index is -0.293. The minimum Gasteiger partial charge on any atom is -0.474 e. The normalized spacial score (nSPS) is 11.2. The van der Waals surface area contributed by atoms with Crippen LogP contribution in [0.15, 0.2) is 24.7 Å². The second-order valence-corrected chi connectivity index (χ2v) is 6.56. The van der Waals surface area contributed by atoms with Gasteiger partial charge in [0.25, 0.3) is 5.91 Å². The molecule has 0 unspecified atom stereocenters. The van der Waals surface area contributed by atoms with Gasteiger partial charge in [-0.25, -0.2) is 4.98 Å². The predicted octanol–water partition coefficient (Wildman–Crippen LogP) is 3.31. The second-order valence-electron chi connectivity index (χ2n) is 6.15. The molecule has 8 heteroatoms. The molecule has 0 aromatic carbocycles. The summed E-state index contributed by atoms with van der Waals surface area (Å²) in [7, 11) is 0. The number of nitrogens with one attached hydrogen (secondary N) is 1. The molecule has 2 rings (SSSR count). The van der Waals surface area contributed by atoms with Gasteiger partial charge in [-0.05, 0) is 33.0 Å². The first kappa shape index (κ1) is 20.2. The molecule has 0 fully saturated rings. The average Bonchev–Trinajstić information content (AvgIpc) is 3.04. The summed E-state index contributed by atoms with van der Waals surface area (Å²) in [5.74, 6) is 0.0289. The number of hydrogen-bond donors (Lipinski definition) is 1. The fraction of sp³-hybridized carbons (Fsp3) is 0.500. The smallest absolute Gasteiger partial charge is 0.257 e. The number of pyridine rings is 1. The third-order valence-electron chi connectivity index (χ3n) is 3.85. The second kappa shape index (κ2) is 9.54. The molecule has 2 aromatic heterocycles. The first-order valence-corrected chi connectivity index (χ1v) is 9.19. The highest BCUT2D eigenvalue weighted by Crippen LogP contribution is 2.23. The van der Waals surface area contributed by atoms with Crippen LogP contribution in [0, 0.1) is 0 Å². The van der Waals surface area contributed by atoms with Gasteiger partial charge in [-0.15, -0.1) is 0 Å². The van der Waals surface area contributed by atoms with Crippen LogP contribution in [0.3, 0.4) is 0 Å². The van der Waals surface area contributed by atoms with Gasteiger partial charge in [-0.3, -0.25) is 9.48 Å². The maximum absolute atomic E-state index is 12.4. The van der Waals surface area contributed by atoms with Crippen molar-refractivity contribution in [1.29, 1.82) is 0 Å². The van der Waals surface area contributed by atoms with Crippen molar-refractivity contribution in [3.05, 3.63) is 35.2 Å². The van der Waals surface area contributed by atoms with Crippen LogP contribution in [0.5, 0.6) is 5.88 Å². The van der Waals surface area contributed by atoms with Crippen LogP contribution < -0.4 is 10.1 Å². The van der Waals surface area contributed by atoms with E-state index < -0.39 is 0 Å². The predicted molar refractivity (Wildman–Crippen MR) is 103 cm³/mol. The van der Waals surface area contributed by atoms with Crippen LogP contribution in [0.4, 0.5) is 5.69 Å². The molecule has 0 radical (unpaired) electrons. The Bertz CT molecular complexity index is 728. The first-order chi connectivity index (χ1) is 12.4. The summed E-state index contributed by atoms with van der Waals surface area (Å²) in [5, 5.41) is 7.39. The summed E-state index contributed by atoms with van der Waals surface area (Å²) in [6.07, 6.45) is 4.85. The van der Waals surface area contributed by atoms with Gasteiger partial charge in [0.05, 0.1) is 30.1 Å². The van der Waals surface area contributed by atoms with E-state index in [1.54, 1.807) is 12.3 Å². The molecule has 0 saturated heterocycles. The number of nitrogens with zero attached hydrogens (tertiary/aromatic N) is 4. The standard InChI is InChI=1S/C18H26ClN5O2/c1-5-23(6-2)7-8-24-12-15(11-21-24)22-17(25)14-9-16(19)18(20-10-14)26-13(3)4/h9-13H,5-8H2,1-4H3,(H,22,25). The highest BCUT2D eigenvalue weighted by Gasteiger charge is 2.13. The lowest BCUT2D eigenvalue weighted by Gasteiger charge is -2.17. The number of likely N-dealkylation sites (N-methyl/N-ethyl adjacent to an activating group) is 1. The number of hydrogen-bond acceptors (Lipinski definition) is 5. The van der Waals surface area contributed by atoms with E-state index in [0.717, 1.165) is 26.2 Å².